The van der Waals surface area contributed by atoms with Gasteiger partial charge in [0.05, 0.1) is 6.04 Å². The number of hydrogen-bond acceptors (Lipinski definition) is 2. The van der Waals surface area contributed by atoms with E-state index >= 15 is 0 Å². The molecule has 1 atom stereocenters. The maximum atomic E-state index is 13.3. The summed E-state index contributed by atoms with van der Waals surface area (Å²) in [7, 11) is 0. The van der Waals surface area contributed by atoms with E-state index in [0.29, 0.717) is 11.8 Å². The van der Waals surface area contributed by atoms with Gasteiger partial charge in [-0.1, -0.05) is 36.4 Å². The second kappa shape index (κ2) is 7.86. The topological polar surface area (TPSA) is 51.1 Å². The predicted octanol–water partition coefficient (Wildman–Crippen LogP) is 6.16. The van der Waals surface area contributed by atoms with Crippen LogP contribution < -0.4 is 10.9 Å². The smallest absolute Gasteiger partial charge is 0.259 e. The Balaban J connectivity index is 1.25. The molecule has 1 aromatic heterocycles. The fourth-order valence-electron chi connectivity index (χ4n) is 7.64. The van der Waals surface area contributed by atoms with E-state index in [1.807, 2.05) is 67.7 Å². The van der Waals surface area contributed by atoms with Crippen LogP contribution >= 0.6 is 0 Å². The van der Waals surface area contributed by atoms with Gasteiger partial charge in [0.25, 0.3) is 5.56 Å². The van der Waals surface area contributed by atoms with E-state index in [1.54, 1.807) is 4.57 Å². The Kier molecular flexibility index (Phi) is 4.93. The lowest BCUT2D eigenvalue weighted by molar-refractivity contribution is -0.124. The first-order chi connectivity index (χ1) is 16.0. The molecule has 3 aromatic rings. The summed E-state index contributed by atoms with van der Waals surface area (Å²) in [5.41, 5.74) is 2.03. The van der Waals surface area contributed by atoms with Crippen molar-refractivity contribution in [2.45, 2.75) is 57.9 Å². The first-order valence-electron chi connectivity index (χ1n) is 12.5. The second-order valence-corrected chi connectivity index (χ2v) is 11.0. The average molecular weight is 441 g/mol. The summed E-state index contributed by atoms with van der Waals surface area (Å²) >= 11 is 0. The van der Waals surface area contributed by atoms with E-state index in [0.717, 1.165) is 34.4 Å². The van der Waals surface area contributed by atoms with Crippen LogP contribution in [-0.4, -0.2) is 10.5 Å². The largest absolute Gasteiger partial charge is 0.325 e. The van der Waals surface area contributed by atoms with Crippen LogP contribution in [0.5, 0.6) is 0 Å². The number of pyridine rings is 1. The fraction of sp³-hybridized carbons (Fsp3) is 0.448. The summed E-state index contributed by atoms with van der Waals surface area (Å²) in [6.07, 6.45) is 10.3. The third-order valence-corrected chi connectivity index (χ3v) is 8.65. The van der Waals surface area contributed by atoms with E-state index in [1.165, 1.54) is 38.5 Å². The van der Waals surface area contributed by atoms with Gasteiger partial charge in [-0.25, -0.2) is 0 Å². The van der Waals surface area contributed by atoms with Crippen LogP contribution in [0.1, 0.15) is 63.5 Å². The molecule has 4 bridgehead atoms. The van der Waals surface area contributed by atoms with Crippen molar-refractivity contribution in [2.24, 2.45) is 23.2 Å². The highest BCUT2D eigenvalue weighted by molar-refractivity contribution is 6.02. The lowest BCUT2D eigenvalue weighted by Gasteiger charge is -2.56. The number of carbonyl (C=O) groups is 1. The summed E-state index contributed by atoms with van der Waals surface area (Å²) < 4.78 is 1.78. The number of anilines is 1. The van der Waals surface area contributed by atoms with Crippen molar-refractivity contribution >= 4 is 22.4 Å². The van der Waals surface area contributed by atoms with Crippen molar-refractivity contribution in [3.05, 3.63) is 76.7 Å². The Morgan fingerprint density at radius 1 is 0.939 bits per heavy atom. The molecule has 2 aromatic carbocycles. The highest BCUT2D eigenvalue weighted by Crippen LogP contribution is 2.61. The van der Waals surface area contributed by atoms with Crippen LogP contribution in [0.25, 0.3) is 10.8 Å². The van der Waals surface area contributed by atoms with Crippen molar-refractivity contribution in [3.63, 3.8) is 0 Å². The zero-order chi connectivity index (χ0) is 22.6. The van der Waals surface area contributed by atoms with Gasteiger partial charge in [-0.15, -0.1) is 0 Å². The molecule has 1 N–H and O–H groups in total. The standard InChI is InChI=1S/C29H32N2O2/c1-19(23-6-3-2-4-7-23)31-11-10-24-25(28(31)33)8-5-9-26(24)30-27(32)18-29-15-20-12-21(16-29)14-22(13-20)17-29/h2-11,19-22H,12-18H2,1H3,(H,30,32). The number of nitrogens with zero attached hydrogens (tertiary/aromatic N) is 1. The maximum absolute atomic E-state index is 13.3. The van der Waals surface area contributed by atoms with E-state index in [-0.39, 0.29) is 22.9 Å². The SMILES string of the molecule is CC(c1ccccc1)n1ccc2c(NC(=O)CC34CC5CC(CC(C5)C3)C4)cccc2c1=O. The number of carbonyl (C=O) groups excluding carboxylic acids is 1. The first-order valence-corrected chi connectivity index (χ1v) is 12.5. The van der Waals surface area contributed by atoms with E-state index in [4.69, 9.17) is 0 Å². The highest BCUT2D eigenvalue weighted by atomic mass is 16.1. The third-order valence-electron chi connectivity index (χ3n) is 8.65. The summed E-state index contributed by atoms with van der Waals surface area (Å²) in [6.45, 7) is 2.04. The quantitative estimate of drug-likeness (QED) is 0.517. The molecule has 0 radical (unpaired) electrons. The molecule has 4 aliphatic rings. The Hall–Kier alpha value is -2.88. The molecule has 4 saturated carbocycles. The summed E-state index contributed by atoms with van der Waals surface area (Å²) in [5.74, 6) is 2.62. The van der Waals surface area contributed by atoms with Crippen molar-refractivity contribution in [1.82, 2.24) is 4.57 Å². The fourth-order valence-corrected chi connectivity index (χ4v) is 7.64. The minimum absolute atomic E-state index is 0.0268. The Morgan fingerprint density at radius 3 is 2.27 bits per heavy atom. The average Bonchev–Trinajstić information content (AvgIpc) is 2.78. The Labute approximate surface area is 195 Å². The second-order valence-electron chi connectivity index (χ2n) is 11.0. The number of amides is 1. The molecule has 1 heterocycles. The minimum Gasteiger partial charge on any atom is -0.325 e. The van der Waals surface area contributed by atoms with E-state index in [9.17, 15) is 9.59 Å². The van der Waals surface area contributed by atoms with E-state index < -0.39 is 0 Å². The highest BCUT2D eigenvalue weighted by Gasteiger charge is 2.51. The molecule has 4 nitrogen and oxygen atoms in total. The maximum Gasteiger partial charge on any atom is 0.259 e. The molecular weight excluding hydrogens is 408 g/mol. The van der Waals surface area contributed by atoms with Gasteiger partial charge in [-0.2, -0.15) is 0 Å². The number of fused-ring (bicyclic) bond motifs is 1. The molecule has 1 unspecified atom stereocenters. The zero-order valence-corrected chi connectivity index (χ0v) is 19.3. The molecule has 0 saturated heterocycles. The van der Waals surface area contributed by atoms with Gasteiger partial charge in [0.15, 0.2) is 0 Å². The Morgan fingerprint density at radius 2 is 1.61 bits per heavy atom. The zero-order valence-electron chi connectivity index (χ0n) is 19.3. The molecule has 4 aliphatic carbocycles. The van der Waals surface area contributed by atoms with Gasteiger partial charge in [-0.05, 0) is 92.4 Å². The van der Waals surface area contributed by atoms with Crippen molar-refractivity contribution < 1.29 is 4.79 Å². The van der Waals surface area contributed by atoms with Crippen molar-refractivity contribution in [1.29, 1.82) is 0 Å². The van der Waals surface area contributed by atoms with Gasteiger partial charge in [0.1, 0.15) is 0 Å². The Bertz CT molecular complexity index is 1220. The number of benzene rings is 2. The van der Waals surface area contributed by atoms with Gasteiger partial charge < -0.3 is 9.88 Å². The van der Waals surface area contributed by atoms with Gasteiger partial charge in [0, 0.05) is 29.1 Å². The van der Waals surface area contributed by atoms with Crippen LogP contribution in [0, 0.1) is 23.2 Å². The molecule has 4 fully saturated rings. The number of rotatable bonds is 5. The first kappa shape index (κ1) is 20.7. The summed E-state index contributed by atoms with van der Waals surface area (Å²) in [5, 5.41) is 4.64. The van der Waals surface area contributed by atoms with Crippen molar-refractivity contribution in [2.75, 3.05) is 5.32 Å². The van der Waals surface area contributed by atoms with Gasteiger partial charge in [0.2, 0.25) is 5.91 Å². The lowest BCUT2D eigenvalue weighted by atomic mass is 9.49. The summed E-state index contributed by atoms with van der Waals surface area (Å²) in [6, 6.07) is 17.6. The molecule has 33 heavy (non-hydrogen) atoms. The van der Waals surface area contributed by atoms with Gasteiger partial charge >= 0.3 is 0 Å². The molecule has 0 aliphatic heterocycles. The van der Waals surface area contributed by atoms with Crippen molar-refractivity contribution in [3.8, 4) is 0 Å². The minimum atomic E-state index is -0.0579. The molecule has 170 valence electrons. The molecule has 1 amide bonds. The van der Waals surface area contributed by atoms with Gasteiger partial charge in [-0.3, -0.25) is 9.59 Å². The number of hydrogen-bond donors (Lipinski definition) is 1. The van der Waals surface area contributed by atoms with Crippen LogP contribution in [0.2, 0.25) is 0 Å². The molecule has 7 rings (SSSR count). The molecule has 4 heteroatoms. The van der Waals surface area contributed by atoms with Crippen LogP contribution in [0.3, 0.4) is 0 Å². The number of aromatic nitrogens is 1. The monoisotopic (exact) mass is 440 g/mol. The predicted molar refractivity (Wildman–Crippen MR) is 132 cm³/mol. The molecular formula is C29H32N2O2. The lowest BCUT2D eigenvalue weighted by Crippen LogP contribution is -2.47. The third kappa shape index (κ3) is 3.70. The van der Waals surface area contributed by atoms with Crippen LogP contribution in [-0.2, 0) is 4.79 Å². The summed E-state index contributed by atoms with van der Waals surface area (Å²) in [4.78, 5) is 26.5. The number of nitrogens with one attached hydrogen (secondary N) is 1. The van der Waals surface area contributed by atoms with Crippen LogP contribution in [0.4, 0.5) is 5.69 Å². The molecule has 0 spiro atoms. The van der Waals surface area contributed by atoms with Crippen LogP contribution in [0.15, 0.2) is 65.6 Å². The van der Waals surface area contributed by atoms with E-state index in [2.05, 4.69) is 5.32 Å². The normalized spacial score (nSPS) is 28.7.